The van der Waals surface area contributed by atoms with E-state index in [4.69, 9.17) is 9.47 Å². The van der Waals surface area contributed by atoms with Crippen LogP contribution >= 0.6 is 11.3 Å². The van der Waals surface area contributed by atoms with Crippen LogP contribution in [0.4, 0.5) is 11.4 Å². The van der Waals surface area contributed by atoms with Gasteiger partial charge in [-0.05, 0) is 30.9 Å². The molecule has 8 nitrogen and oxygen atoms in total. The van der Waals surface area contributed by atoms with Crippen molar-refractivity contribution in [2.24, 2.45) is 5.92 Å². The third-order valence-electron chi connectivity index (χ3n) is 5.19. The fraction of sp³-hybridized carbons (Fsp3) is 0.381. The van der Waals surface area contributed by atoms with E-state index >= 15 is 0 Å². The molecule has 1 aliphatic heterocycles. The summed E-state index contributed by atoms with van der Waals surface area (Å²) >= 11 is 1.67. The average Bonchev–Trinajstić information content (AvgIpc) is 3.52. The Bertz CT molecular complexity index is 1050. The highest BCUT2D eigenvalue weighted by atomic mass is 32.1. The van der Waals surface area contributed by atoms with Gasteiger partial charge in [0.1, 0.15) is 5.65 Å². The molecule has 4 heterocycles. The number of pyridine rings is 1. The third-order valence-corrected chi connectivity index (χ3v) is 6.07. The number of aryl methyl sites for hydroxylation is 1. The predicted octanol–water partition coefficient (Wildman–Crippen LogP) is 3.49. The molecule has 1 fully saturated rings. The summed E-state index contributed by atoms with van der Waals surface area (Å²) in [4.78, 5) is 31.2. The van der Waals surface area contributed by atoms with Crippen LogP contribution in [-0.4, -0.2) is 41.8 Å². The van der Waals surface area contributed by atoms with Gasteiger partial charge in [-0.3, -0.25) is 4.79 Å². The molecule has 2 N–H and O–H groups in total. The van der Waals surface area contributed by atoms with Crippen LogP contribution in [0.2, 0.25) is 0 Å². The lowest BCUT2D eigenvalue weighted by Crippen LogP contribution is -2.24. The first-order valence-corrected chi connectivity index (χ1v) is 10.8. The van der Waals surface area contributed by atoms with Gasteiger partial charge >= 0.3 is 5.97 Å². The van der Waals surface area contributed by atoms with Crippen molar-refractivity contribution in [3.8, 4) is 0 Å². The molecule has 30 heavy (non-hydrogen) atoms. The van der Waals surface area contributed by atoms with Crippen LogP contribution in [0.15, 0.2) is 29.8 Å². The number of thiophene rings is 1. The number of nitrogens with one attached hydrogen (secondary N) is 2. The standard InChI is InChI=1S/C21H24N4O4S/c1-3-25-18(21(27)28-2)17(24-20(26)13-6-7-29-12-13)16-9-14(10-23-19(16)25)22-11-15-5-4-8-30-15/h4-5,8-10,13,22H,3,6-7,11-12H2,1-2H3,(H,24,26). The number of rotatable bonds is 7. The Kier molecular flexibility index (Phi) is 6.01. The summed E-state index contributed by atoms with van der Waals surface area (Å²) in [5.41, 5.74) is 2.16. The zero-order valence-corrected chi connectivity index (χ0v) is 17.8. The molecular weight excluding hydrogens is 404 g/mol. The van der Waals surface area contributed by atoms with Crippen LogP contribution in [0.3, 0.4) is 0 Å². The maximum absolute atomic E-state index is 12.8. The monoisotopic (exact) mass is 428 g/mol. The topological polar surface area (TPSA) is 94.5 Å². The molecule has 3 aromatic heterocycles. The van der Waals surface area contributed by atoms with Gasteiger partial charge in [0, 0.05) is 30.0 Å². The fourth-order valence-electron chi connectivity index (χ4n) is 3.63. The van der Waals surface area contributed by atoms with Gasteiger partial charge in [0.2, 0.25) is 5.91 Å². The van der Waals surface area contributed by atoms with E-state index in [-0.39, 0.29) is 11.8 Å². The minimum Gasteiger partial charge on any atom is -0.464 e. The number of aromatic nitrogens is 2. The Labute approximate surface area is 178 Å². The molecule has 0 spiro atoms. The summed E-state index contributed by atoms with van der Waals surface area (Å²) in [6, 6.07) is 5.98. The fourth-order valence-corrected chi connectivity index (χ4v) is 4.28. The average molecular weight is 429 g/mol. The lowest BCUT2D eigenvalue weighted by molar-refractivity contribution is -0.119. The molecule has 1 aliphatic rings. The zero-order valence-electron chi connectivity index (χ0n) is 16.9. The van der Waals surface area contributed by atoms with E-state index in [0.29, 0.717) is 55.1 Å². The summed E-state index contributed by atoms with van der Waals surface area (Å²) in [5.74, 6) is -0.908. The van der Waals surface area contributed by atoms with E-state index in [1.807, 2.05) is 24.4 Å². The first-order chi connectivity index (χ1) is 14.6. The molecule has 3 aromatic rings. The molecular formula is C21H24N4O4S. The molecule has 1 amide bonds. The lowest BCUT2D eigenvalue weighted by atomic mass is 10.1. The highest BCUT2D eigenvalue weighted by Crippen LogP contribution is 2.33. The number of fused-ring (bicyclic) bond motifs is 1. The van der Waals surface area contributed by atoms with Crippen molar-refractivity contribution < 1.29 is 19.1 Å². The Morgan fingerprint density at radius 1 is 1.43 bits per heavy atom. The first kappa shape index (κ1) is 20.4. The lowest BCUT2D eigenvalue weighted by Gasteiger charge is -2.11. The van der Waals surface area contributed by atoms with Crippen molar-refractivity contribution in [2.75, 3.05) is 31.0 Å². The summed E-state index contributed by atoms with van der Waals surface area (Å²) in [7, 11) is 1.33. The summed E-state index contributed by atoms with van der Waals surface area (Å²) in [5, 5.41) is 9.04. The minimum absolute atomic E-state index is 0.162. The van der Waals surface area contributed by atoms with Crippen LogP contribution in [0.1, 0.15) is 28.7 Å². The largest absolute Gasteiger partial charge is 0.464 e. The Hall–Kier alpha value is -2.91. The maximum Gasteiger partial charge on any atom is 0.356 e. The molecule has 1 unspecified atom stereocenters. The van der Waals surface area contributed by atoms with Gasteiger partial charge in [-0.25, -0.2) is 9.78 Å². The second-order valence-electron chi connectivity index (χ2n) is 7.04. The van der Waals surface area contributed by atoms with Gasteiger partial charge in [0.25, 0.3) is 0 Å². The quantitative estimate of drug-likeness (QED) is 0.560. The van der Waals surface area contributed by atoms with Crippen molar-refractivity contribution in [3.05, 3.63) is 40.3 Å². The van der Waals surface area contributed by atoms with Crippen molar-refractivity contribution in [1.82, 2.24) is 9.55 Å². The SMILES string of the molecule is CCn1c(C(=O)OC)c(NC(=O)C2CCOC2)c2cc(NCc3cccs3)cnc21. The maximum atomic E-state index is 12.8. The van der Waals surface area contributed by atoms with E-state index in [0.717, 1.165) is 5.69 Å². The van der Waals surface area contributed by atoms with Crippen molar-refractivity contribution in [1.29, 1.82) is 0 Å². The zero-order chi connectivity index (χ0) is 21.1. The first-order valence-electron chi connectivity index (χ1n) is 9.87. The van der Waals surface area contributed by atoms with Crippen LogP contribution in [0.25, 0.3) is 11.0 Å². The van der Waals surface area contributed by atoms with Gasteiger partial charge < -0.3 is 24.7 Å². The number of hydrogen-bond acceptors (Lipinski definition) is 7. The molecule has 1 atom stereocenters. The summed E-state index contributed by atoms with van der Waals surface area (Å²) < 4.78 is 12.1. The number of amides is 1. The molecule has 0 radical (unpaired) electrons. The van der Waals surface area contributed by atoms with E-state index < -0.39 is 5.97 Å². The van der Waals surface area contributed by atoms with Gasteiger partial charge in [0.15, 0.2) is 5.69 Å². The van der Waals surface area contributed by atoms with Gasteiger partial charge in [-0.2, -0.15) is 0 Å². The Morgan fingerprint density at radius 2 is 2.30 bits per heavy atom. The molecule has 9 heteroatoms. The van der Waals surface area contributed by atoms with Crippen LogP contribution in [0.5, 0.6) is 0 Å². The molecule has 0 saturated carbocycles. The Balaban J connectivity index is 1.74. The highest BCUT2D eigenvalue weighted by Gasteiger charge is 2.29. The van der Waals surface area contributed by atoms with Crippen LogP contribution in [0, 0.1) is 5.92 Å². The van der Waals surface area contributed by atoms with Crippen molar-refractivity contribution >= 4 is 45.6 Å². The van der Waals surface area contributed by atoms with Crippen molar-refractivity contribution in [2.45, 2.75) is 26.4 Å². The smallest absolute Gasteiger partial charge is 0.356 e. The number of carbonyl (C=O) groups is 2. The minimum atomic E-state index is -0.513. The molecule has 158 valence electrons. The number of methoxy groups -OCH3 is 1. The van der Waals surface area contributed by atoms with Crippen LogP contribution in [-0.2, 0) is 27.4 Å². The second-order valence-corrected chi connectivity index (χ2v) is 8.07. The number of hydrogen-bond donors (Lipinski definition) is 2. The van der Waals surface area contributed by atoms with Gasteiger partial charge in [-0.15, -0.1) is 11.3 Å². The molecule has 0 aliphatic carbocycles. The third kappa shape index (κ3) is 3.90. The molecule has 1 saturated heterocycles. The van der Waals surface area contributed by atoms with Crippen LogP contribution < -0.4 is 10.6 Å². The van der Waals surface area contributed by atoms with E-state index in [1.54, 1.807) is 22.1 Å². The van der Waals surface area contributed by atoms with Gasteiger partial charge in [-0.1, -0.05) is 6.07 Å². The molecule has 0 bridgehead atoms. The second kappa shape index (κ2) is 8.85. The number of anilines is 2. The van der Waals surface area contributed by atoms with Crippen molar-refractivity contribution in [3.63, 3.8) is 0 Å². The molecule has 4 rings (SSSR count). The highest BCUT2D eigenvalue weighted by molar-refractivity contribution is 7.09. The summed E-state index contributed by atoms with van der Waals surface area (Å²) in [6.45, 7) is 4.06. The normalized spacial score (nSPS) is 16.0. The number of esters is 1. The number of ether oxygens (including phenoxy) is 2. The number of carbonyl (C=O) groups excluding carboxylic acids is 2. The van der Waals surface area contributed by atoms with Gasteiger partial charge in [0.05, 0.1) is 37.2 Å². The predicted molar refractivity (Wildman–Crippen MR) is 116 cm³/mol. The van der Waals surface area contributed by atoms with E-state index in [2.05, 4.69) is 21.7 Å². The summed E-state index contributed by atoms with van der Waals surface area (Å²) in [6.07, 6.45) is 2.40. The number of nitrogens with zero attached hydrogens (tertiary/aromatic N) is 2. The van der Waals surface area contributed by atoms with E-state index in [1.165, 1.54) is 12.0 Å². The van der Waals surface area contributed by atoms with E-state index in [9.17, 15) is 9.59 Å². The molecule has 0 aromatic carbocycles. The Morgan fingerprint density at radius 3 is 2.97 bits per heavy atom.